The Balaban J connectivity index is 1.19. The van der Waals surface area contributed by atoms with Crippen molar-refractivity contribution < 1.29 is 0 Å². The highest BCUT2D eigenvalue weighted by Crippen LogP contribution is 2.64. The molecule has 1 spiro atoms. The second-order valence-corrected chi connectivity index (χ2v) is 20.7. The Kier molecular flexibility index (Phi) is 9.10. The number of hydrogen-bond donors (Lipinski definition) is 0. The second-order valence-electron chi connectivity index (χ2n) is 20.7. The molecule has 0 bridgehead atoms. The molecule has 66 heavy (non-hydrogen) atoms. The van der Waals surface area contributed by atoms with Crippen LogP contribution in [0.5, 0.6) is 0 Å². The van der Waals surface area contributed by atoms with E-state index < -0.39 is 5.41 Å². The summed E-state index contributed by atoms with van der Waals surface area (Å²) in [6, 6.07) is 71.5. The molecule has 0 heterocycles. The average Bonchev–Trinajstić information content (AvgIpc) is 3.63. The zero-order chi connectivity index (χ0) is 45.0. The third-order valence-electron chi connectivity index (χ3n) is 14.8. The van der Waals surface area contributed by atoms with Crippen molar-refractivity contribution in [3.8, 4) is 33.4 Å². The normalized spacial score (nSPS) is 17.1. The fourth-order valence-corrected chi connectivity index (χ4v) is 12.0. The predicted molar refractivity (Wildman–Crippen MR) is 281 cm³/mol. The molecule has 3 aliphatic rings. The van der Waals surface area contributed by atoms with Gasteiger partial charge in [-0.3, -0.25) is 0 Å². The summed E-state index contributed by atoms with van der Waals surface area (Å²) < 4.78 is 0. The molecule has 0 saturated heterocycles. The SMILES string of the molecule is CC(C)(C)c1cc2c(c3ccccc13)-c1cccc3c(C(C)(C)C)ccc(c13)C21c2ccccc2-c2ccc(N(c3ccccc3-c3ccccc3)C3C=CC(c4ccccc4)=CC3)cc21. The van der Waals surface area contributed by atoms with E-state index in [-0.39, 0.29) is 16.9 Å². The lowest BCUT2D eigenvalue weighted by atomic mass is 9.59. The molecule has 2 atom stereocenters. The minimum Gasteiger partial charge on any atom is -0.334 e. The summed E-state index contributed by atoms with van der Waals surface area (Å²) in [4.78, 5) is 2.63. The maximum atomic E-state index is 2.63. The molecular weight excluding hydrogens is 795 g/mol. The summed E-state index contributed by atoms with van der Waals surface area (Å²) in [5.41, 5.74) is 20.1. The van der Waals surface area contributed by atoms with Gasteiger partial charge < -0.3 is 4.90 Å². The van der Waals surface area contributed by atoms with Gasteiger partial charge in [0.1, 0.15) is 0 Å². The van der Waals surface area contributed by atoms with Crippen LogP contribution in [-0.2, 0) is 16.2 Å². The Labute approximate surface area is 390 Å². The van der Waals surface area contributed by atoms with Gasteiger partial charge in [0.2, 0.25) is 0 Å². The molecule has 9 aromatic carbocycles. The van der Waals surface area contributed by atoms with Gasteiger partial charge in [0.25, 0.3) is 0 Å². The van der Waals surface area contributed by atoms with Gasteiger partial charge in [-0.05, 0) is 129 Å². The van der Waals surface area contributed by atoms with E-state index in [0.717, 1.165) is 6.42 Å². The third-order valence-corrected chi connectivity index (χ3v) is 14.8. The lowest BCUT2D eigenvalue weighted by Gasteiger charge is -2.43. The Hall–Kier alpha value is -7.22. The summed E-state index contributed by atoms with van der Waals surface area (Å²) in [5, 5.41) is 5.38. The molecule has 2 unspecified atom stereocenters. The van der Waals surface area contributed by atoms with Crippen LogP contribution in [0.25, 0.3) is 60.5 Å². The molecule has 0 aliphatic heterocycles. The van der Waals surface area contributed by atoms with Crippen molar-refractivity contribution in [2.45, 2.75) is 70.3 Å². The molecule has 0 fully saturated rings. The molecule has 3 aliphatic carbocycles. The van der Waals surface area contributed by atoms with Gasteiger partial charge in [-0.2, -0.15) is 0 Å². The lowest BCUT2D eigenvalue weighted by Crippen LogP contribution is -2.34. The van der Waals surface area contributed by atoms with Gasteiger partial charge in [-0.1, -0.05) is 230 Å². The summed E-state index contributed by atoms with van der Waals surface area (Å²) in [6.45, 7) is 14.2. The van der Waals surface area contributed by atoms with Crippen LogP contribution in [0.15, 0.2) is 206 Å². The first-order valence-electron chi connectivity index (χ1n) is 23.8. The lowest BCUT2D eigenvalue weighted by molar-refractivity contribution is 0.592. The van der Waals surface area contributed by atoms with Gasteiger partial charge in [0.15, 0.2) is 0 Å². The van der Waals surface area contributed by atoms with Crippen LogP contribution in [0.4, 0.5) is 11.4 Å². The number of fused-ring (bicyclic) bond motifs is 11. The minimum atomic E-state index is -0.599. The summed E-state index contributed by atoms with van der Waals surface area (Å²) in [7, 11) is 0. The first kappa shape index (κ1) is 40.3. The van der Waals surface area contributed by atoms with Crippen molar-refractivity contribution in [2.75, 3.05) is 4.90 Å². The molecule has 0 aromatic heterocycles. The van der Waals surface area contributed by atoms with Gasteiger partial charge >= 0.3 is 0 Å². The molecular formula is C65H55N. The van der Waals surface area contributed by atoms with Crippen molar-refractivity contribution in [3.05, 3.63) is 245 Å². The number of benzene rings is 9. The van der Waals surface area contributed by atoms with Crippen LogP contribution >= 0.6 is 0 Å². The molecule has 0 N–H and O–H groups in total. The fraction of sp³-hybridized carbons (Fsp3) is 0.169. The Morgan fingerprint density at radius 3 is 1.80 bits per heavy atom. The van der Waals surface area contributed by atoms with Gasteiger partial charge in [0.05, 0.1) is 11.5 Å². The summed E-state index contributed by atoms with van der Waals surface area (Å²) in [6.07, 6.45) is 8.08. The summed E-state index contributed by atoms with van der Waals surface area (Å²) >= 11 is 0. The smallest absolute Gasteiger partial charge is 0.0726 e. The van der Waals surface area contributed by atoms with Crippen molar-refractivity contribution in [2.24, 2.45) is 0 Å². The topological polar surface area (TPSA) is 3.24 Å². The van der Waals surface area contributed by atoms with E-state index in [1.807, 2.05) is 0 Å². The molecule has 0 amide bonds. The Bertz CT molecular complexity index is 3460. The first-order valence-corrected chi connectivity index (χ1v) is 23.8. The zero-order valence-electron chi connectivity index (χ0n) is 38.9. The van der Waals surface area contributed by atoms with Crippen LogP contribution in [0.2, 0.25) is 0 Å². The van der Waals surface area contributed by atoms with E-state index in [1.165, 1.54) is 111 Å². The number of rotatable bonds is 5. The number of para-hydroxylation sites is 1. The van der Waals surface area contributed by atoms with Crippen molar-refractivity contribution in [1.82, 2.24) is 0 Å². The quantitative estimate of drug-likeness (QED) is 0.167. The third kappa shape index (κ3) is 5.99. The standard InChI is InChI=1S/C65H55N/c1-63(2,3)54-38-39-56-62-52(54)28-19-29-53(62)61-51-27-14-13-26-49(51)57(64(4,5)6)41-59(61)65(56)55-30-17-15-25-48(55)50-37-36-46(40-58(50)65)66(45-34-32-43(33-35-45)42-20-9-7-10-21-42)60-31-18-16-24-47(60)44-22-11-8-12-23-44/h7-34,36-41,45H,35H2,1-6H3. The maximum Gasteiger partial charge on any atom is 0.0726 e. The molecule has 1 nitrogen and oxygen atoms in total. The molecule has 0 radical (unpaired) electrons. The van der Waals surface area contributed by atoms with Crippen LogP contribution in [0.3, 0.4) is 0 Å². The fourth-order valence-electron chi connectivity index (χ4n) is 12.0. The molecule has 9 aromatic rings. The predicted octanol–water partition coefficient (Wildman–Crippen LogP) is 17.1. The number of hydrogen-bond acceptors (Lipinski definition) is 1. The highest BCUT2D eigenvalue weighted by Gasteiger charge is 2.51. The van der Waals surface area contributed by atoms with Crippen molar-refractivity contribution >= 4 is 38.5 Å². The van der Waals surface area contributed by atoms with Crippen LogP contribution in [-0.4, -0.2) is 6.04 Å². The maximum absolute atomic E-state index is 2.63. The van der Waals surface area contributed by atoms with Crippen molar-refractivity contribution in [1.29, 1.82) is 0 Å². The zero-order valence-corrected chi connectivity index (χ0v) is 38.9. The van der Waals surface area contributed by atoms with Gasteiger partial charge in [-0.25, -0.2) is 0 Å². The van der Waals surface area contributed by atoms with Crippen LogP contribution < -0.4 is 4.90 Å². The monoisotopic (exact) mass is 849 g/mol. The van der Waals surface area contributed by atoms with E-state index in [9.17, 15) is 0 Å². The van der Waals surface area contributed by atoms with E-state index >= 15 is 0 Å². The van der Waals surface area contributed by atoms with E-state index in [1.54, 1.807) is 0 Å². The summed E-state index contributed by atoms with van der Waals surface area (Å²) in [5.74, 6) is 0. The highest BCUT2D eigenvalue weighted by molar-refractivity contribution is 6.15. The number of allylic oxidation sites excluding steroid dienone is 2. The molecule has 0 saturated carbocycles. The molecule has 1 heteroatoms. The number of nitrogens with zero attached hydrogens (tertiary/aromatic N) is 1. The van der Waals surface area contributed by atoms with E-state index in [2.05, 4.69) is 253 Å². The largest absolute Gasteiger partial charge is 0.334 e. The van der Waals surface area contributed by atoms with E-state index in [4.69, 9.17) is 0 Å². The number of anilines is 2. The second kappa shape index (κ2) is 14.9. The van der Waals surface area contributed by atoms with Crippen LogP contribution in [0, 0.1) is 0 Å². The van der Waals surface area contributed by atoms with E-state index in [0.29, 0.717) is 0 Å². The van der Waals surface area contributed by atoms with Crippen LogP contribution in [0.1, 0.15) is 86.9 Å². The Morgan fingerprint density at radius 1 is 0.455 bits per heavy atom. The van der Waals surface area contributed by atoms with Crippen molar-refractivity contribution in [3.63, 3.8) is 0 Å². The highest BCUT2D eigenvalue weighted by atomic mass is 15.2. The molecule has 12 rings (SSSR count). The van der Waals surface area contributed by atoms with Gasteiger partial charge in [0, 0.05) is 16.9 Å². The minimum absolute atomic E-state index is 0.0452. The van der Waals surface area contributed by atoms with Gasteiger partial charge in [-0.15, -0.1) is 0 Å². The first-order chi connectivity index (χ1) is 32.0. The average molecular weight is 850 g/mol. The molecule has 320 valence electrons. The Morgan fingerprint density at radius 2 is 1.08 bits per heavy atom.